The number of halogens is 2. The molecule has 3 nitrogen and oxygen atoms in total. The lowest BCUT2D eigenvalue weighted by atomic mass is 9.95. The van der Waals surface area contributed by atoms with E-state index in [2.05, 4.69) is 5.32 Å². The quantitative estimate of drug-likeness (QED) is 0.906. The number of hydrogen-bond acceptors (Lipinski definition) is 3. The van der Waals surface area contributed by atoms with Crippen molar-refractivity contribution in [2.75, 3.05) is 13.3 Å². The smallest absolute Gasteiger partial charge is 0.154 e. The number of sulfone groups is 1. The SMILES string of the molecule is CNC(Cc1ccc(Cl)cc1Cl)C(C)(C)S(C)(=O)=O. The van der Waals surface area contributed by atoms with Gasteiger partial charge in [0, 0.05) is 22.3 Å². The van der Waals surface area contributed by atoms with Crippen LogP contribution in [0.4, 0.5) is 0 Å². The molecule has 1 rings (SSSR count). The molecule has 0 fully saturated rings. The molecule has 0 saturated heterocycles. The van der Waals surface area contributed by atoms with Gasteiger partial charge in [-0.05, 0) is 45.0 Å². The second kappa shape index (κ2) is 6.00. The molecular formula is C13H19Cl2NO2S. The summed E-state index contributed by atoms with van der Waals surface area (Å²) >= 11 is 12.0. The third-order valence-corrected chi connectivity index (χ3v) is 6.37. The minimum absolute atomic E-state index is 0.235. The average molecular weight is 324 g/mol. The van der Waals surface area contributed by atoms with Gasteiger partial charge in [0.05, 0.1) is 4.75 Å². The Bertz CT molecular complexity index is 556. The zero-order valence-electron chi connectivity index (χ0n) is 11.5. The van der Waals surface area contributed by atoms with E-state index < -0.39 is 14.6 Å². The Morgan fingerprint density at radius 1 is 1.32 bits per heavy atom. The van der Waals surface area contributed by atoms with Crippen LogP contribution in [-0.2, 0) is 16.3 Å². The van der Waals surface area contributed by atoms with Crippen molar-refractivity contribution in [3.63, 3.8) is 0 Å². The topological polar surface area (TPSA) is 46.2 Å². The molecule has 0 saturated carbocycles. The maximum Gasteiger partial charge on any atom is 0.154 e. The fraction of sp³-hybridized carbons (Fsp3) is 0.538. The van der Waals surface area contributed by atoms with E-state index in [9.17, 15) is 8.42 Å². The second-order valence-electron chi connectivity index (χ2n) is 5.16. The molecule has 6 heteroatoms. The summed E-state index contributed by atoms with van der Waals surface area (Å²) in [6.07, 6.45) is 1.77. The Morgan fingerprint density at radius 3 is 2.32 bits per heavy atom. The van der Waals surface area contributed by atoms with Gasteiger partial charge in [-0.25, -0.2) is 8.42 Å². The first-order valence-corrected chi connectivity index (χ1v) is 8.55. The summed E-state index contributed by atoms with van der Waals surface area (Å²) in [5.74, 6) is 0. The second-order valence-corrected chi connectivity index (χ2v) is 8.60. The van der Waals surface area contributed by atoms with E-state index in [1.165, 1.54) is 6.26 Å². The number of rotatable bonds is 5. The summed E-state index contributed by atoms with van der Waals surface area (Å²) in [4.78, 5) is 0. The summed E-state index contributed by atoms with van der Waals surface area (Å²) in [5.41, 5.74) is 0.877. The zero-order valence-corrected chi connectivity index (χ0v) is 13.8. The van der Waals surface area contributed by atoms with Crippen LogP contribution in [0.25, 0.3) is 0 Å². The van der Waals surface area contributed by atoms with Crippen molar-refractivity contribution in [3.8, 4) is 0 Å². The molecule has 108 valence electrons. The Balaban J connectivity index is 3.07. The van der Waals surface area contributed by atoms with Crippen LogP contribution in [0.3, 0.4) is 0 Å². The normalized spacial score (nSPS) is 14.4. The number of benzene rings is 1. The van der Waals surface area contributed by atoms with Gasteiger partial charge in [-0.1, -0.05) is 29.3 Å². The fourth-order valence-corrected chi connectivity index (χ4v) is 3.06. The van der Waals surface area contributed by atoms with E-state index in [1.807, 2.05) is 6.07 Å². The summed E-state index contributed by atoms with van der Waals surface area (Å²) in [6, 6.07) is 5.01. The van der Waals surface area contributed by atoms with Gasteiger partial charge in [-0.3, -0.25) is 0 Å². The molecule has 19 heavy (non-hydrogen) atoms. The zero-order chi connectivity index (χ0) is 14.8. The lowest BCUT2D eigenvalue weighted by molar-refractivity contribution is 0.431. The van der Waals surface area contributed by atoms with Crippen molar-refractivity contribution < 1.29 is 8.42 Å². The van der Waals surface area contributed by atoms with Crippen molar-refractivity contribution in [1.29, 1.82) is 0 Å². The van der Waals surface area contributed by atoms with Gasteiger partial charge in [-0.2, -0.15) is 0 Å². The van der Waals surface area contributed by atoms with Gasteiger partial charge in [-0.15, -0.1) is 0 Å². The lowest BCUT2D eigenvalue weighted by Crippen LogP contribution is -2.51. The first kappa shape index (κ1) is 16.8. The van der Waals surface area contributed by atoms with Crippen LogP contribution in [-0.4, -0.2) is 32.5 Å². The van der Waals surface area contributed by atoms with Crippen LogP contribution in [0, 0.1) is 0 Å². The van der Waals surface area contributed by atoms with Crippen molar-refractivity contribution in [1.82, 2.24) is 5.32 Å². The molecular weight excluding hydrogens is 305 g/mol. The maximum absolute atomic E-state index is 11.9. The highest BCUT2D eigenvalue weighted by atomic mass is 35.5. The van der Waals surface area contributed by atoms with E-state index >= 15 is 0 Å². The molecule has 0 aromatic heterocycles. The van der Waals surface area contributed by atoms with Gasteiger partial charge in [0.2, 0.25) is 0 Å². The Hall–Kier alpha value is -0.290. The fourth-order valence-electron chi connectivity index (χ4n) is 1.86. The van der Waals surface area contributed by atoms with Crippen LogP contribution in [0.5, 0.6) is 0 Å². The molecule has 1 aromatic carbocycles. The summed E-state index contributed by atoms with van der Waals surface area (Å²) in [6.45, 7) is 3.43. The number of nitrogens with one attached hydrogen (secondary N) is 1. The van der Waals surface area contributed by atoms with Crippen LogP contribution in [0.1, 0.15) is 19.4 Å². The first-order chi connectivity index (χ1) is 8.59. The molecule has 0 radical (unpaired) electrons. The van der Waals surface area contributed by atoms with Crippen molar-refractivity contribution in [2.45, 2.75) is 31.1 Å². The lowest BCUT2D eigenvalue weighted by Gasteiger charge is -2.32. The van der Waals surface area contributed by atoms with Crippen LogP contribution in [0.15, 0.2) is 18.2 Å². The minimum Gasteiger partial charge on any atom is -0.315 e. The maximum atomic E-state index is 11.9. The molecule has 0 bridgehead atoms. The van der Waals surface area contributed by atoms with Gasteiger partial charge in [0.25, 0.3) is 0 Å². The average Bonchev–Trinajstić information content (AvgIpc) is 2.26. The van der Waals surface area contributed by atoms with Crippen LogP contribution < -0.4 is 5.32 Å². The number of hydrogen-bond donors (Lipinski definition) is 1. The largest absolute Gasteiger partial charge is 0.315 e. The molecule has 1 atom stereocenters. The van der Waals surface area contributed by atoms with Gasteiger partial charge in [0.15, 0.2) is 9.84 Å². The van der Waals surface area contributed by atoms with E-state index in [1.54, 1.807) is 33.0 Å². The van der Waals surface area contributed by atoms with E-state index in [4.69, 9.17) is 23.2 Å². The molecule has 0 amide bonds. The molecule has 0 spiro atoms. The van der Waals surface area contributed by atoms with Crippen LogP contribution >= 0.6 is 23.2 Å². The van der Waals surface area contributed by atoms with Gasteiger partial charge < -0.3 is 5.32 Å². The van der Waals surface area contributed by atoms with Crippen molar-refractivity contribution in [2.24, 2.45) is 0 Å². The monoisotopic (exact) mass is 323 g/mol. The molecule has 0 aliphatic carbocycles. The predicted molar refractivity (Wildman–Crippen MR) is 81.9 cm³/mol. The summed E-state index contributed by atoms with van der Waals surface area (Å²) in [5, 5.41) is 4.19. The number of likely N-dealkylation sites (N-methyl/N-ethyl adjacent to an activating group) is 1. The molecule has 1 N–H and O–H groups in total. The molecule has 0 heterocycles. The Morgan fingerprint density at radius 2 is 1.89 bits per heavy atom. The van der Waals surface area contributed by atoms with E-state index in [-0.39, 0.29) is 6.04 Å². The Labute approximate surface area is 125 Å². The highest BCUT2D eigenvalue weighted by Crippen LogP contribution is 2.27. The van der Waals surface area contributed by atoms with E-state index in [0.29, 0.717) is 16.5 Å². The summed E-state index contributed by atoms with van der Waals surface area (Å²) in [7, 11) is -1.44. The van der Waals surface area contributed by atoms with Crippen molar-refractivity contribution in [3.05, 3.63) is 33.8 Å². The molecule has 1 unspecified atom stereocenters. The third-order valence-electron chi connectivity index (χ3n) is 3.58. The minimum atomic E-state index is -3.19. The van der Waals surface area contributed by atoms with Gasteiger partial charge in [0.1, 0.15) is 0 Å². The highest BCUT2D eigenvalue weighted by Gasteiger charge is 2.38. The van der Waals surface area contributed by atoms with Gasteiger partial charge >= 0.3 is 0 Å². The predicted octanol–water partition coefficient (Wildman–Crippen LogP) is 2.95. The first-order valence-electron chi connectivity index (χ1n) is 5.90. The molecule has 1 aromatic rings. The van der Waals surface area contributed by atoms with E-state index in [0.717, 1.165) is 5.56 Å². The Kier molecular flexibility index (Phi) is 5.29. The molecule has 0 aliphatic rings. The standard InChI is InChI=1S/C13H19Cl2NO2S/c1-13(2,19(4,17)18)12(16-3)7-9-5-6-10(14)8-11(9)15/h5-6,8,12,16H,7H2,1-4H3. The third kappa shape index (κ3) is 3.85. The van der Waals surface area contributed by atoms with Crippen LogP contribution in [0.2, 0.25) is 10.0 Å². The van der Waals surface area contributed by atoms with Crippen molar-refractivity contribution >= 4 is 33.0 Å². The highest BCUT2D eigenvalue weighted by molar-refractivity contribution is 7.92. The summed E-state index contributed by atoms with van der Waals surface area (Å²) < 4.78 is 22.9. The molecule has 0 aliphatic heterocycles.